The van der Waals surface area contributed by atoms with Gasteiger partial charge in [0.15, 0.2) is 11.5 Å². The number of benzene rings is 1. The van der Waals surface area contributed by atoms with Gasteiger partial charge in [-0.15, -0.1) is 0 Å². The summed E-state index contributed by atoms with van der Waals surface area (Å²) >= 11 is 0. The van der Waals surface area contributed by atoms with Gasteiger partial charge in [0.25, 0.3) is 5.91 Å². The first-order valence-electron chi connectivity index (χ1n) is 7.86. The van der Waals surface area contributed by atoms with Crippen LogP contribution < -0.4 is 5.32 Å². The molecule has 3 aromatic heterocycles. The van der Waals surface area contributed by atoms with Crippen molar-refractivity contribution in [3.63, 3.8) is 0 Å². The molecule has 0 radical (unpaired) electrons. The van der Waals surface area contributed by atoms with Crippen molar-refractivity contribution < 1.29 is 13.7 Å². The van der Waals surface area contributed by atoms with E-state index in [0.717, 1.165) is 17.4 Å². The second-order valence-corrected chi connectivity index (χ2v) is 5.49. The Morgan fingerprint density at radius 1 is 1.20 bits per heavy atom. The first-order valence-corrected chi connectivity index (χ1v) is 7.86. The smallest absolute Gasteiger partial charge is 0.273 e. The lowest BCUT2D eigenvalue weighted by Gasteiger charge is -2.02. The number of carbonyl (C=O) groups is 1. The third-order valence-corrected chi connectivity index (χ3v) is 3.73. The van der Waals surface area contributed by atoms with Crippen LogP contribution in [0.25, 0.3) is 22.5 Å². The summed E-state index contributed by atoms with van der Waals surface area (Å²) in [4.78, 5) is 16.0. The Kier molecular flexibility index (Phi) is 3.99. The van der Waals surface area contributed by atoms with Crippen LogP contribution in [-0.4, -0.2) is 32.4 Å². The summed E-state index contributed by atoms with van der Waals surface area (Å²) in [6, 6.07) is 11.1. The molecule has 0 saturated carbocycles. The van der Waals surface area contributed by atoms with Crippen molar-refractivity contribution in [3.05, 3.63) is 54.7 Å². The number of aromatic nitrogens is 4. The highest BCUT2D eigenvalue weighted by molar-refractivity contribution is 5.93. The fourth-order valence-corrected chi connectivity index (χ4v) is 2.48. The summed E-state index contributed by atoms with van der Waals surface area (Å²) in [6.45, 7) is 1.19. The molecular weight excluding hydrogens is 322 g/mol. The average Bonchev–Trinajstić information content (AvgIpc) is 3.38. The second kappa shape index (κ2) is 6.60. The van der Waals surface area contributed by atoms with Crippen LogP contribution in [0.2, 0.25) is 0 Å². The van der Waals surface area contributed by atoms with Crippen molar-refractivity contribution in [1.82, 2.24) is 25.2 Å². The molecule has 25 heavy (non-hydrogen) atoms. The van der Waals surface area contributed by atoms with E-state index in [9.17, 15) is 4.79 Å². The number of furan rings is 1. The molecule has 0 aliphatic carbocycles. The maximum absolute atomic E-state index is 12.1. The number of hydrogen-bond donors (Lipinski definition) is 1. The Labute approximate surface area is 142 Å². The summed E-state index contributed by atoms with van der Waals surface area (Å²) in [6.07, 6.45) is 3.86. The minimum absolute atomic E-state index is 0.219. The Morgan fingerprint density at radius 2 is 2.12 bits per heavy atom. The van der Waals surface area contributed by atoms with Crippen molar-refractivity contribution >= 4 is 16.9 Å². The Hall–Kier alpha value is -3.42. The topological polar surface area (TPSA) is 99.0 Å². The van der Waals surface area contributed by atoms with Crippen molar-refractivity contribution in [1.29, 1.82) is 0 Å². The number of aryl methyl sites for hydroxylation is 1. The van der Waals surface area contributed by atoms with Gasteiger partial charge in [0, 0.05) is 24.5 Å². The molecule has 0 fully saturated rings. The fourth-order valence-electron chi connectivity index (χ4n) is 2.48. The van der Waals surface area contributed by atoms with Crippen molar-refractivity contribution in [2.24, 2.45) is 0 Å². The molecule has 4 aromatic rings. The maximum Gasteiger partial charge on any atom is 0.273 e. The minimum Gasteiger partial charge on any atom is -0.453 e. The zero-order valence-electron chi connectivity index (χ0n) is 13.3. The van der Waals surface area contributed by atoms with Crippen molar-refractivity contribution in [2.45, 2.75) is 13.0 Å². The first kappa shape index (κ1) is 15.1. The summed E-state index contributed by atoms with van der Waals surface area (Å²) in [5, 5.41) is 11.6. The van der Waals surface area contributed by atoms with Gasteiger partial charge in [-0.2, -0.15) is 5.10 Å². The summed E-state index contributed by atoms with van der Waals surface area (Å²) in [5.41, 5.74) is 0.976. The summed E-state index contributed by atoms with van der Waals surface area (Å²) in [7, 11) is 0. The number of fused-ring (bicyclic) bond motifs is 1. The van der Waals surface area contributed by atoms with Crippen LogP contribution in [0.15, 0.2) is 58.0 Å². The molecule has 0 atom stereocenters. The van der Waals surface area contributed by atoms with Gasteiger partial charge in [0.05, 0.1) is 0 Å². The Balaban J connectivity index is 1.37. The molecule has 0 aliphatic heterocycles. The highest BCUT2D eigenvalue weighted by Gasteiger charge is 2.16. The zero-order valence-corrected chi connectivity index (χ0v) is 13.3. The SMILES string of the molecule is O=C(NCCCn1cncn1)c1cc(-c2cc3ccccc3o2)on1. The quantitative estimate of drug-likeness (QED) is 0.543. The zero-order chi connectivity index (χ0) is 17.1. The largest absolute Gasteiger partial charge is 0.453 e. The maximum atomic E-state index is 12.1. The lowest BCUT2D eigenvalue weighted by molar-refractivity contribution is 0.0943. The van der Waals surface area contributed by atoms with Crippen LogP contribution in [-0.2, 0) is 6.54 Å². The predicted octanol–water partition coefficient (Wildman–Crippen LogP) is 2.50. The highest BCUT2D eigenvalue weighted by Crippen LogP contribution is 2.28. The van der Waals surface area contributed by atoms with Crippen LogP contribution in [0.5, 0.6) is 0 Å². The molecule has 8 heteroatoms. The van der Waals surface area contributed by atoms with E-state index in [-0.39, 0.29) is 11.6 Å². The lowest BCUT2D eigenvalue weighted by atomic mass is 10.2. The van der Waals surface area contributed by atoms with E-state index in [2.05, 4.69) is 20.6 Å². The molecule has 3 heterocycles. The monoisotopic (exact) mass is 337 g/mol. The van der Waals surface area contributed by atoms with Gasteiger partial charge in [-0.1, -0.05) is 23.4 Å². The van der Waals surface area contributed by atoms with Crippen LogP contribution in [0, 0.1) is 0 Å². The summed E-state index contributed by atoms with van der Waals surface area (Å²) < 4.78 is 12.7. The van der Waals surface area contributed by atoms with E-state index in [0.29, 0.717) is 24.6 Å². The van der Waals surface area contributed by atoms with E-state index in [1.807, 2.05) is 30.3 Å². The normalized spacial score (nSPS) is 11.0. The lowest BCUT2D eigenvalue weighted by Crippen LogP contribution is -2.25. The molecule has 0 unspecified atom stereocenters. The van der Waals surface area contributed by atoms with E-state index >= 15 is 0 Å². The average molecular weight is 337 g/mol. The van der Waals surface area contributed by atoms with Gasteiger partial charge in [0.2, 0.25) is 5.76 Å². The molecule has 0 saturated heterocycles. The predicted molar refractivity (Wildman–Crippen MR) is 88.7 cm³/mol. The highest BCUT2D eigenvalue weighted by atomic mass is 16.5. The molecule has 126 valence electrons. The summed E-state index contributed by atoms with van der Waals surface area (Å²) in [5.74, 6) is 0.674. The van der Waals surface area contributed by atoms with Gasteiger partial charge in [0.1, 0.15) is 18.2 Å². The Bertz CT molecular complexity index is 954. The van der Waals surface area contributed by atoms with E-state index in [1.165, 1.54) is 6.33 Å². The second-order valence-electron chi connectivity index (χ2n) is 5.49. The van der Waals surface area contributed by atoms with Crippen LogP contribution >= 0.6 is 0 Å². The van der Waals surface area contributed by atoms with Gasteiger partial charge >= 0.3 is 0 Å². The third kappa shape index (κ3) is 3.27. The van der Waals surface area contributed by atoms with Crippen LogP contribution in [0.4, 0.5) is 0 Å². The van der Waals surface area contributed by atoms with Gasteiger partial charge in [-0.05, 0) is 18.6 Å². The molecule has 1 N–H and O–H groups in total. The number of carbonyl (C=O) groups excluding carboxylic acids is 1. The molecular formula is C17H15N5O3. The molecule has 8 nitrogen and oxygen atoms in total. The molecule has 1 amide bonds. The number of para-hydroxylation sites is 1. The molecule has 0 bridgehead atoms. The van der Waals surface area contributed by atoms with Crippen LogP contribution in [0.1, 0.15) is 16.9 Å². The number of amides is 1. The number of rotatable bonds is 6. The third-order valence-electron chi connectivity index (χ3n) is 3.73. The Morgan fingerprint density at radius 3 is 2.96 bits per heavy atom. The van der Waals surface area contributed by atoms with E-state index in [4.69, 9.17) is 8.94 Å². The van der Waals surface area contributed by atoms with Crippen LogP contribution in [0.3, 0.4) is 0 Å². The van der Waals surface area contributed by atoms with Gasteiger partial charge in [-0.25, -0.2) is 4.98 Å². The van der Waals surface area contributed by atoms with Gasteiger partial charge < -0.3 is 14.3 Å². The van der Waals surface area contributed by atoms with Gasteiger partial charge in [-0.3, -0.25) is 9.48 Å². The van der Waals surface area contributed by atoms with Crippen molar-refractivity contribution in [3.8, 4) is 11.5 Å². The fraction of sp³-hybridized carbons (Fsp3) is 0.176. The molecule has 1 aromatic carbocycles. The van der Waals surface area contributed by atoms with E-state index in [1.54, 1.807) is 17.1 Å². The first-order chi connectivity index (χ1) is 12.3. The van der Waals surface area contributed by atoms with E-state index < -0.39 is 0 Å². The molecule has 0 spiro atoms. The molecule has 4 rings (SSSR count). The molecule has 0 aliphatic rings. The standard InChI is InChI=1S/C17H15N5O3/c23-17(19-6-3-7-22-11-18-10-20-22)13-9-16(25-21-13)15-8-12-4-1-2-5-14(12)24-15/h1-2,4-5,8-11H,3,6-7H2,(H,19,23). The minimum atomic E-state index is -0.287. The van der Waals surface area contributed by atoms with Crippen molar-refractivity contribution in [2.75, 3.05) is 6.54 Å². The number of nitrogens with one attached hydrogen (secondary N) is 1. The number of nitrogens with zero attached hydrogens (tertiary/aromatic N) is 4. The number of hydrogen-bond acceptors (Lipinski definition) is 6.